The molecule has 0 fully saturated rings. The van der Waals surface area contributed by atoms with Crippen molar-refractivity contribution in [3.8, 4) is 11.1 Å². The Hall–Kier alpha value is -1.42. The van der Waals surface area contributed by atoms with Crippen molar-refractivity contribution in [1.82, 2.24) is 14.8 Å². The van der Waals surface area contributed by atoms with E-state index >= 15 is 0 Å². The van der Waals surface area contributed by atoms with Gasteiger partial charge in [0.15, 0.2) is 0 Å². The SMILES string of the molecule is Cc1c(-c2cc(Cl)cnc2F)cnn1C. The molecular weight excluding hydrogens is 217 g/mol. The Morgan fingerprint density at radius 2 is 2.07 bits per heavy atom. The van der Waals surface area contributed by atoms with Crippen molar-refractivity contribution >= 4 is 11.6 Å². The molecule has 3 nitrogen and oxygen atoms in total. The molecule has 78 valence electrons. The van der Waals surface area contributed by atoms with Gasteiger partial charge in [-0.25, -0.2) is 4.98 Å². The van der Waals surface area contributed by atoms with E-state index in [-0.39, 0.29) is 0 Å². The number of nitrogens with zero attached hydrogens (tertiary/aromatic N) is 3. The second-order valence-electron chi connectivity index (χ2n) is 3.26. The van der Waals surface area contributed by atoms with Crippen LogP contribution in [-0.2, 0) is 7.05 Å². The highest BCUT2D eigenvalue weighted by Gasteiger charge is 2.12. The molecule has 2 heterocycles. The van der Waals surface area contributed by atoms with Gasteiger partial charge in [-0.3, -0.25) is 4.68 Å². The van der Waals surface area contributed by atoms with Crippen LogP contribution in [-0.4, -0.2) is 14.8 Å². The topological polar surface area (TPSA) is 30.7 Å². The number of rotatable bonds is 1. The quantitative estimate of drug-likeness (QED) is 0.699. The Morgan fingerprint density at radius 1 is 1.33 bits per heavy atom. The molecule has 0 aliphatic rings. The lowest BCUT2D eigenvalue weighted by Crippen LogP contribution is -1.94. The molecular formula is C10H9ClFN3. The third-order valence-corrected chi connectivity index (χ3v) is 2.54. The summed E-state index contributed by atoms with van der Waals surface area (Å²) < 4.78 is 15.1. The largest absolute Gasteiger partial charge is 0.272 e. The summed E-state index contributed by atoms with van der Waals surface area (Å²) in [5.41, 5.74) is 1.97. The minimum Gasteiger partial charge on any atom is -0.272 e. The Labute approximate surface area is 91.5 Å². The first-order valence-corrected chi connectivity index (χ1v) is 4.77. The summed E-state index contributed by atoms with van der Waals surface area (Å²) in [7, 11) is 1.80. The third kappa shape index (κ3) is 1.72. The van der Waals surface area contributed by atoms with Crippen LogP contribution in [0, 0.1) is 12.9 Å². The van der Waals surface area contributed by atoms with Gasteiger partial charge in [-0.05, 0) is 13.0 Å². The van der Waals surface area contributed by atoms with Gasteiger partial charge in [-0.1, -0.05) is 11.6 Å². The molecule has 0 spiro atoms. The van der Waals surface area contributed by atoms with Crippen molar-refractivity contribution in [3.63, 3.8) is 0 Å². The highest BCUT2D eigenvalue weighted by atomic mass is 35.5. The second-order valence-corrected chi connectivity index (χ2v) is 3.70. The second kappa shape index (κ2) is 3.62. The maximum atomic E-state index is 13.4. The van der Waals surface area contributed by atoms with Crippen LogP contribution in [0.15, 0.2) is 18.5 Å². The molecule has 0 amide bonds. The number of pyridine rings is 1. The smallest absolute Gasteiger partial charge is 0.220 e. The van der Waals surface area contributed by atoms with Gasteiger partial charge >= 0.3 is 0 Å². The summed E-state index contributed by atoms with van der Waals surface area (Å²) in [5.74, 6) is -0.532. The van der Waals surface area contributed by atoms with Gasteiger partial charge in [0.05, 0.1) is 11.2 Å². The molecule has 0 unspecified atom stereocenters. The lowest BCUT2D eigenvalue weighted by atomic mass is 10.1. The van der Waals surface area contributed by atoms with Crippen LogP contribution >= 0.6 is 11.6 Å². The summed E-state index contributed by atoms with van der Waals surface area (Å²) in [6.07, 6.45) is 2.89. The fourth-order valence-electron chi connectivity index (χ4n) is 1.37. The normalized spacial score (nSPS) is 10.7. The molecule has 15 heavy (non-hydrogen) atoms. The number of hydrogen-bond donors (Lipinski definition) is 0. The van der Waals surface area contributed by atoms with Crippen LogP contribution in [0.4, 0.5) is 4.39 Å². The number of hydrogen-bond acceptors (Lipinski definition) is 2. The predicted octanol–water partition coefficient (Wildman–Crippen LogP) is 2.58. The maximum Gasteiger partial charge on any atom is 0.220 e. The predicted molar refractivity (Wildman–Crippen MR) is 56.1 cm³/mol. The van der Waals surface area contributed by atoms with Crippen molar-refractivity contribution in [3.05, 3.63) is 35.1 Å². The molecule has 0 bridgehead atoms. The Morgan fingerprint density at radius 3 is 2.67 bits per heavy atom. The van der Waals surface area contributed by atoms with E-state index in [0.717, 1.165) is 5.69 Å². The monoisotopic (exact) mass is 225 g/mol. The van der Waals surface area contributed by atoms with Crippen molar-refractivity contribution in [2.24, 2.45) is 7.05 Å². The molecule has 0 N–H and O–H groups in total. The first-order chi connectivity index (χ1) is 7.09. The molecule has 2 aromatic heterocycles. The van der Waals surface area contributed by atoms with Crippen molar-refractivity contribution in [1.29, 1.82) is 0 Å². The van der Waals surface area contributed by atoms with Gasteiger partial charge in [0, 0.05) is 30.1 Å². The Bertz CT molecular complexity index is 507. The van der Waals surface area contributed by atoms with Gasteiger partial charge in [-0.2, -0.15) is 9.49 Å². The van der Waals surface area contributed by atoms with Crippen LogP contribution < -0.4 is 0 Å². The Balaban J connectivity index is 2.63. The summed E-state index contributed by atoms with van der Waals surface area (Å²) in [6, 6.07) is 1.55. The molecule has 0 saturated heterocycles. The maximum absolute atomic E-state index is 13.4. The summed E-state index contributed by atoms with van der Waals surface area (Å²) in [6.45, 7) is 1.86. The van der Waals surface area contributed by atoms with Crippen LogP contribution in [0.3, 0.4) is 0 Å². The zero-order chi connectivity index (χ0) is 11.0. The third-order valence-electron chi connectivity index (χ3n) is 2.33. The first kappa shape index (κ1) is 10.1. The van der Waals surface area contributed by atoms with E-state index in [4.69, 9.17) is 11.6 Å². The van der Waals surface area contributed by atoms with E-state index < -0.39 is 5.95 Å². The average molecular weight is 226 g/mol. The van der Waals surface area contributed by atoms with E-state index in [2.05, 4.69) is 10.1 Å². The molecule has 0 aromatic carbocycles. The van der Waals surface area contributed by atoms with Gasteiger partial charge in [0.2, 0.25) is 5.95 Å². The van der Waals surface area contributed by atoms with E-state index in [9.17, 15) is 4.39 Å². The lowest BCUT2D eigenvalue weighted by molar-refractivity contribution is 0.587. The van der Waals surface area contributed by atoms with Crippen LogP contribution in [0.25, 0.3) is 11.1 Å². The fourth-order valence-corrected chi connectivity index (χ4v) is 1.53. The van der Waals surface area contributed by atoms with Crippen molar-refractivity contribution < 1.29 is 4.39 Å². The van der Waals surface area contributed by atoms with Gasteiger partial charge in [-0.15, -0.1) is 0 Å². The van der Waals surface area contributed by atoms with Crippen molar-refractivity contribution in [2.45, 2.75) is 6.92 Å². The van der Waals surface area contributed by atoms with Crippen LogP contribution in [0.1, 0.15) is 5.69 Å². The number of aromatic nitrogens is 3. The van der Waals surface area contributed by atoms with Crippen LogP contribution in [0.2, 0.25) is 5.02 Å². The lowest BCUT2D eigenvalue weighted by Gasteiger charge is -2.02. The number of halogens is 2. The Kier molecular flexibility index (Phi) is 2.44. The van der Waals surface area contributed by atoms with E-state index in [1.165, 1.54) is 6.20 Å². The number of aryl methyl sites for hydroxylation is 1. The van der Waals surface area contributed by atoms with E-state index in [0.29, 0.717) is 16.1 Å². The summed E-state index contributed by atoms with van der Waals surface area (Å²) in [5, 5.41) is 4.45. The van der Waals surface area contributed by atoms with E-state index in [1.807, 2.05) is 6.92 Å². The van der Waals surface area contributed by atoms with E-state index in [1.54, 1.807) is 24.0 Å². The minimum atomic E-state index is -0.532. The highest BCUT2D eigenvalue weighted by Crippen LogP contribution is 2.26. The van der Waals surface area contributed by atoms with Gasteiger partial charge in [0.1, 0.15) is 0 Å². The van der Waals surface area contributed by atoms with Gasteiger partial charge < -0.3 is 0 Å². The zero-order valence-corrected chi connectivity index (χ0v) is 9.09. The summed E-state index contributed by atoms with van der Waals surface area (Å²) in [4.78, 5) is 3.57. The minimum absolute atomic E-state index is 0.383. The average Bonchev–Trinajstić information content (AvgIpc) is 2.52. The summed E-state index contributed by atoms with van der Waals surface area (Å²) >= 11 is 5.77. The molecule has 0 aliphatic heterocycles. The van der Waals surface area contributed by atoms with Gasteiger partial charge in [0.25, 0.3) is 0 Å². The molecule has 0 saturated carbocycles. The molecule has 0 atom stereocenters. The standard InChI is InChI=1S/C10H9ClFN3/c1-6-9(5-14-15(6)2)8-3-7(11)4-13-10(8)12/h3-5H,1-2H3. The molecule has 2 aromatic rings. The molecule has 5 heteroatoms. The highest BCUT2D eigenvalue weighted by molar-refractivity contribution is 6.30. The fraction of sp³-hybridized carbons (Fsp3) is 0.200. The molecule has 0 aliphatic carbocycles. The first-order valence-electron chi connectivity index (χ1n) is 4.39. The van der Waals surface area contributed by atoms with Crippen molar-refractivity contribution in [2.75, 3.05) is 0 Å². The molecule has 2 rings (SSSR count). The zero-order valence-electron chi connectivity index (χ0n) is 8.33. The molecule has 0 radical (unpaired) electrons. The van der Waals surface area contributed by atoms with Crippen LogP contribution in [0.5, 0.6) is 0 Å².